The van der Waals surface area contributed by atoms with E-state index in [2.05, 4.69) is 0 Å². The van der Waals surface area contributed by atoms with Crippen molar-refractivity contribution in [2.75, 3.05) is 0 Å². The Labute approximate surface area is 111 Å². The fourth-order valence-corrected chi connectivity index (χ4v) is 2.22. The molecule has 1 heterocycles. The quantitative estimate of drug-likeness (QED) is 0.860. The van der Waals surface area contributed by atoms with E-state index in [1.54, 1.807) is 13.2 Å². The highest BCUT2D eigenvalue weighted by atomic mass is 16.4. The van der Waals surface area contributed by atoms with E-state index >= 15 is 0 Å². The average Bonchev–Trinajstić information content (AvgIpc) is 2.71. The molecule has 0 atom stereocenters. The molecule has 2 rings (SSSR count). The summed E-state index contributed by atoms with van der Waals surface area (Å²) in [5, 5.41) is 9.01. The number of hydrogen-bond donors (Lipinski definition) is 1. The Morgan fingerprint density at radius 3 is 2.21 bits per heavy atom. The molecular weight excluding hydrogens is 242 g/mol. The summed E-state index contributed by atoms with van der Waals surface area (Å²) < 4.78 is 1.45. The van der Waals surface area contributed by atoms with E-state index in [0.717, 1.165) is 11.1 Å². The first-order chi connectivity index (χ1) is 8.91. The van der Waals surface area contributed by atoms with Crippen LogP contribution in [0.3, 0.4) is 0 Å². The molecule has 0 unspecified atom stereocenters. The lowest BCUT2D eigenvalue weighted by atomic mass is 9.96. The molecule has 0 radical (unpaired) electrons. The van der Waals surface area contributed by atoms with Crippen LogP contribution in [0.1, 0.15) is 37.5 Å². The van der Waals surface area contributed by atoms with Gasteiger partial charge in [0, 0.05) is 24.4 Å². The van der Waals surface area contributed by atoms with Crippen LogP contribution in [0.15, 0.2) is 30.5 Å². The van der Waals surface area contributed by atoms with E-state index in [1.807, 2.05) is 32.0 Å². The second-order valence-corrected chi connectivity index (χ2v) is 4.63. The van der Waals surface area contributed by atoms with Gasteiger partial charge in [0.15, 0.2) is 5.78 Å². The average molecular weight is 257 g/mol. The van der Waals surface area contributed by atoms with E-state index in [9.17, 15) is 9.59 Å². The first-order valence-electron chi connectivity index (χ1n) is 5.92. The number of carbonyl (C=O) groups is 2. The molecule has 1 aromatic carbocycles. The van der Waals surface area contributed by atoms with E-state index < -0.39 is 5.97 Å². The van der Waals surface area contributed by atoms with Crippen molar-refractivity contribution in [1.82, 2.24) is 4.57 Å². The van der Waals surface area contributed by atoms with Gasteiger partial charge in [0.25, 0.3) is 0 Å². The van der Waals surface area contributed by atoms with Crippen molar-refractivity contribution in [3.63, 3.8) is 0 Å². The third kappa shape index (κ3) is 2.29. The van der Waals surface area contributed by atoms with Gasteiger partial charge in [0.05, 0.1) is 0 Å². The number of rotatable bonds is 3. The highest BCUT2D eigenvalue weighted by Gasteiger charge is 2.18. The minimum atomic E-state index is -1.04. The van der Waals surface area contributed by atoms with Gasteiger partial charge >= 0.3 is 5.97 Å². The van der Waals surface area contributed by atoms with E-state index in [4.69, 9.17) is 5.11 Å². The molecule has 1 N–H and O–H groups in total. The maximum absolute atomic E-state index is 12.5. The minimum Gasteiger partial charge on any atom is -0.477 e. The molecule has 19 heavy (non-hydrogen) atoms. The number of hydrogen-bond acceptors (Lipinski definition) is 2. The molecule has 0 amide bonds. The lowest BCUT2D eigenvalue weighted by Gasteiger charge is -2.06. The molecule has 4 heteroatoms. The van der Waals surface area contributed by atoms with Crippen molar-refractivity contribution < 1.29 is 14.7 Å². The molecule has 1 aromatic heterocycles. The molecular formula is C15H15NO3. The van der Waals surface area contributed by atoms with Gasteiger partial charge in [0.2, 0.25) is 0 Å². The molecule has 4 nitrogen and oxygen atoms in total. The zero-order valence-electron chi connectivity index (χ0n) is 11.1. The summed E-state index contributed by atoms with van der Waals surface area (Å²) in [6.07, 6.45) is 1.55. The van der Waals surface area contributed by atoms with Crippen molar-refractivity contribution >= 4 is 11.8 Å². The number of nitrogens with zero attached hydrogens (tertiary/aromatic N) is 1. The van der Waals surface area contributed by atoms with Crippen molar-refractivity contribution in [1.29, 1.82) is 0 Å². The normalized spacial score (nSPS) is 10.5. The van der Waals surface area contributed by atoms with Gasteiger partial charge in [0.1, 0.15) is 5.69 Å². The summed E-state index contributed by atoms with van der Waals surface area (Å²) in [6, 6.07) is 7.06. The van der Waals surface area contributed by atoms with Gasteiger partial charge in [-0.3, -0.25) is 4.79 Å². The van der Waals surface area contributed by atoms with Crippen LogP contribution in [0, 0.1) is 13.8 Å². The lowest BCUT2D eigenvalue weighted by Crippen LogP contribution is -2.05. The lowest BCUT2D eigenvalue weighted by molar-refractivity contribution is 0.0686. The second-order valence-electron chi connectivity index (χ2n) is 4.63. The molecule has 0 aliphatic heterocycles. The minimum absolute atomic E-state index is 0.106. The van der Waals surface area contributed by atoms with Gasteiger partial charge in [-0.15, -0.1) is 0 Å². The molecule has 0 aliphatic rings. The summed E-state index contributed by atoms with van der Waals surface area (Å²) in [6.45, 7) is 3.75. The maximum atomic E-state index is 12.5. The Balaban J connectivity index is 2.51. The molecule has 0 fully saturated rings. The zero-order valence-corrected chi connectivity index (χ0v) is 11.1. The Kier molecular flexibility index (Phi) is 3.25. The number of aryl methyl sites for hydroxylation is 3. The van der Waals surface area contributed by atoms with Crippen LogP contribution in [0.5, 0.6) is 0 Å². The molecule has 0 bridgehead atoms. The predicted molar refractivity (Wildman–Crippen MR) is 71.7 cm³/mol. The van der Waals surface area contributed by atoms with Crippen molar-refractivity contribution in [3.05, 3.63) is 58.4 Å². The predicted octanol–water partition coefficient (Wildman–Crippen LogP) is 2.57. The number of carbonyl (C=O) groups excluding carboxylic acids is 1. The van der Waals surface area contributed by atoms with Crippen LogP contribution in [-0.2, 0) is 7.05 Å². The SMILES string of the molecule is Cc1cccc(C)c1C(=O)c1cc(C(=O)O)n(C)c1. The fraction of sp³-hybridized carbons (Fsp3) is 0.200. The first kappa shape index (κ1) is 13.1. The van der Waals surface area contributed by atoms with Crippen LogP contribution in [0.4, 0.5) is 0 Å². The number of carboxylic acids is 1. The van der Waals surface area contributed by atoms with Crippen LogP contribution in [0.2, 0.25) is 0 Å². The Bertz CT molecular complexity index is 648. The molecule has 98 valence electrons. The smallest absolute Gasteiger partial charge is 0.352 e. The Hall–Kier alpha value is -2.36. The van der Waals surface area contributed by atoms with Crippen LogP contribution < -0.4 is 0 Å². The van der Waals surface area contributed by atoms with E-state index in [1.165, 1.54) is 10.6 Å². The highest BCUT2D eigenvalue weighted by Crippen LogP contribution is 2.19. The number of benzene rings is 1. The second kappa shape index (κ2) is 4.72. The number of carboxylic acid groups (broad SMARTS) is 1. The number of ketones is 1. The van der Waals surface area contributed by atoms with Crippen molar-refractivity contribution in [2.24, 2.45) is 7.05 Å². The van der Waals surface area contributed by atoms with Crippen LogP contribution in [-0.4, -0.2) is 21.4 Å². The summed E-state index contributed by atoms with van der Waals surface area (Å²) >= 11 is 0. The largest absolute Gasteiger partial charge is 0.477 e. The van der Waals surface area contributed by atoms with Gasteiger partial charge in [-0.2, -0.15) is 0 Å². The monoisotopic (exact) mass is 257 g/mol. The van der Waals surface area contributed by atoms with Gasteiger partial charge < -0.3 is 9.67 Å². The topological polar surface area (TPSA) is 59.3 Å². The third-order valence-electron chi connectivity index (χ3n) is 3.19. The van der Waals surface area contributed by atoms with E-state index in [0.29, 0.717) is 11.1 Å². The van der Waals surface area contributed by atoms with Crippen LogP contribution >= 0.6 is 0 Å². The van der Waals surface area contributed by atoms with Crippen molar-refractivity contribution in [3.8, 4) is 0 Å². The molecule has 2 aromatic rings. The van der Waals surface area contributed by atoms with Gasteiger partial charge in [-0.25, -0.2) is 4.79 Å². The molecule has 0 spiro atoms. The summed E-state index contributed by atoms with van der Waals surface area (Å²) in [7, 11) is 1.62. The zero-order chi connectivity index (χ0) is 14.2. The standard InChI is InChI=1S/C15H15NO3/c1-9-5-4-6-10(2)13(9)14(17)11-7-12(15(18)19)16(3)8-11/h4-8H,1-3H3,(H,18,19). The van der Waals surface area contributed by atoms with Gasteiger partial charge in [-0.05, 0) is 31.0 Å². The van der Waals surface area contributed by atoms with Crippen molar-refractivity contribution in [2.45, 2.75) is 13.8 Å². The maximum Gasteiger partial charge on any atom is 0.352 e. The van der Waals surface area contributed by atoms with Gasteiger partial charge in [-0.1, -0.05) is 18.2 Å². The summed E-state index contributed by atoms with van der Waals surface area (Å²) in [4.78, 5) is 23.5. The molecule has 0 saturated heterocycles. The molecule has 0 saturated carbocycles. The molecule has 0 aliphatic carbocycles. The summed E-state index contributed by atoms with van der Waals surface area (Å²) in [5.41, 5.74) is 2.94. The highest BCUT2D eigenvalue weighted by molar-refractivity contribution is 6.11. The Morgan fingerprint density at radius 2 is 1.74 bits per heavy atom. The Morgan fingerprint density at radius 1 is 1.16 bits per heavy atom. The fourth-order valence-electron chi connectivity index (χ4n) is 2.22. The summed E-state index contributed by atoms with van der Waals surface area (Å²) in [5.74, 6) is -1.18. The number of aromatic carboxylic acids is 1. The van der Waals surface area contributed by atoms with E-state index in [-0.39, 0.29) is 11.5 Å². The number of aromatic nitrogens is 1. The first-order valence-corrected chi connectivity index (χ1v) is 5.92. The van der Waals surface area contributed by atoms with Crippen LogP contribution in [0.25, 0.3) is 0 Å². The third-order valence-corrected chi connectivity index (χ3v) is 3.19.